The van der Waals surface area contributed by atoms with Gasteiger partial charge in [-0.25, -0.2) is 4.98 Å². The zero-order chi connectivity index (χ0) is 36.7. The van der Waals surface area contributed by atoms with Gasteiger partial charge in [-0.15, -0.1) is 11.3 Å². The second kappa shape index (κ2) is 12.2. The Morgan fingerprint density at radius 3 is 1.82 bits per heavy atom. The Morgan fingerprint density at radius 1 is 0.455 bits per heavy atom. The Kier molecular flexibility index (Phi) is 7.11. The first-order valence-electron chi connectivity index (χ1n) is 18.9. The minimum atomic E-state index is -0.157. The third kappa shape index (κ3) is 5.11. The van der Waals surface area contributed by atoms with E-state index >= 15 is 0 Å². The summed E-state index contributed by atoms with van der Waals surface area (Å²) in [5.74, 6) is 0. The van der Waals surface area contributed by atoms with Gasteiger partial charge in [-0.2, -0.15) is 0 Å². The largest absolute Gasteiger partial charge is 0.310 e. The summed E-state index contributed by atoms with van der Waals surface area (Å²) in [6.07, 6.45) is 0. The highest BCUT2D eigenvalue weighted by atomic mass is 32.1. The summed E-state index contributed by atoms with van der Waals surface area (Å²) in [5, 5.41) is 8.62. The van der Waals surface area contributed by atoms with E-state index in [9.17, 15) is 0 Å². The zero-order valence-corrected chi connectivity index (χ0v) is 31.4. The van der Waals surface area contributed by atoms with Crippen molar-refractivity contribution in [2.45, 2.75) is 19.3 Å². The van der Waals surface area contributed by atoms with E-state index in [-0.39, 0.29) is 5.41 Å². The molecular weight excluding hydrogens is 685 g/mol. The molecule has 0 saturated carbocycles. The van der Waals surface area contributed by atoms with Gasteiger partial charge in [-0.1, -0.05) is 141 Å². The van der Waals surface area contributed by atoms with Crippen LogP contribution in [0.15, 0.2) is 182 Å². The van der Waals surface area contributed by atoms with E-state index in [1.807, 2.05) is 0 Å². The highest BCUT2D eigenvalue weighted by molar-refractivity contribution is 7.22. The molecule has 1 aliphatic carbocycles. The first-order chi connectivity index (χ1) is 27.0. The molecule has 2 nitrogen and oxygen atoms in total. The van der Waals surface area contributed by atoms with Gasteiger partial charge in [0.05, 0.1) is 10.2 Å². The van der Waals surface area contributed by atoms with Crippen LogP contribution in [0.5, 0.6) is 0 Å². The standard InChI is InChI=1S/C52H36N2S/c1-52(2)47-32-38-20-24-42(54(41-23-19-34-13-9-10-16-37(34)29-41)40-21-17-35(18-22-40)33-11-5-3-6-12-33)30-39(38)31-46(47)44-25-26-45-43(49(44)52)27-28-48-50(45)55-51(53-48)36-14-7-4-8-15-36/h3-32H,1-2H3. The van der Waals surface area contributed by atoms with Gasteiger partial charge in [0.1, 0.15) is 5.01 Å². The SMILES string of the molecule is CC1(C)c2cc3ccc(N(c4ccc(-c5ccccc5)cc4)c4ccc5ccccc5c4)cc3cc2-c2ccc3c(ccc4nc(-c5ccccc5)sc43)c21. The normalized spacial score (nSPS) is 13.1. The van der Waals surface area contributed by atoms with Gasteiger partial charge >= 0.3 is 0 Å². The Morgan fingerprint density at radius 2 is 1.05 bits per heavy atom. The van der Waals surface area contributed by atoms with Gasteiger partial charge in [0, 0.05) is 33.4 Å². The van der Waals surface area contributed by atoms with E-state index in [4.69, 9.17) is 4.98 Å². The molecule has 0 saturated heterocycles. The number of anilines is 3. The molecule has 55 heavy (non-hydrogen) atoms. The van der Waals surface area contributed by atoms with Crippen LogP contribution in [-0.2, 0) is 5.41 Å². The van der Waals surface area contributed by atoms with Crippen molar-refractivity contribution in [3.8, 4) is 32.8 Å². The van der Waals surface area contributed by atoms with Crippen molar-refractivity contribution in [1.29, 1.82) is 0 Å². The van der Waals surface area contributed by atoms with Crippen molar-refractivity contribution in [1.82, 2.24) is 4.98 Å². The van der Waals surface area contributed by atoms with Gasteiger partial charge in [-0.3, -0.25) is 0 Å². The van der Waals surface area contributed by atoms with Crippen LogP contribution in [0.25, 0.3) is 75.4 Å². The number of rotatable bonds is 5. The average Bonchev–Trinajstić information content (AvgIpc) is 3.77. The van der Waals surface area contributed by atoms with Crippen molar-refractivity contribution >= 4 is 70.9 Å². The summed E-state index contributed by atoms with van der Waals surface area (Å²) in [7, 11) is 0. The van der Waals surface area contributed by atoms with E-state index in [1.54, 1.807) is 11.3 Å². The number of fused-ring (bicyclic) bond motifs is 9. The first kappa shape index (κ1) is 31.9. The molecule has 0 radical (unpaired) electrons. The fourth-order valence-electron chi connectivity index (χ4n) is 8.89. The molecule has 3 heteroatoms. The summed E-state index contributed by atoms with van der Waals surface area (Å²) < 4.78 is 1.26. The van der Waals surface area contributed by atoms with E-state index in [0.717, 1.165) is 27.6 Å². The number of thiazole rings is 1. The van der Waals surface area contributed by atoms with Gasteiger partial charge in [0.15, 0.2) is 0 Å². The van der Waals surface area contributed by atoms with Crippen LogP contribution in [-0.4, -0.2) is 4.98 Å². The molecule has 0 N–H and O–H groups in total. The van der Waals surface area contributed by atoms with Crippen molar-refractivity contribution < 1.29 is 0 Å². The summed E-state index contributed by atoms with van der Waals surface area (Å²) in [5.41, 5.74) is 13.3. The summed E-state index contributed by atoms with van der Waals surface area (Å²) >= 11 is 1.80. The van der Waals surface area contributed by atoms with E-state index in [0.29, 0.717) is 0 Å². The second-order valence-corrected chi connectivity index (χ2v) is 16.2. The molecule has 1 aromatic heterocycles. The maximum atomic E-state index is 5.05. The topological polar surface area (TPSA) is 16.1 Å². The molecule has 10 aromatic rings. The number of hydrogen-bond donors (Lipinski definition) is 0. The number of aromatic nitrogens is 1. The molecule has 0 atom stereocenters. The van der Waals surface area contributed by atoms with E-state index < -0.39 is 0 Å². The van der Waals surface area contributed by atoms with Crippen molar-refractivity contribution in [2.75, 3.05) is 4.90 Å². The van der Waals surface area contributed by atoms with Crippen molar-refractivity contribution in [3.05, 3.63) is 193 Å². The average molecular weight is 721 g/mol. The van der Waals surface area contributed by atoms with Crippen LogP contribution in [0.4, 0.5) is 17.1 Å². The molecule has 0 fully saturated rings. The lowest BCUT2D eigenvalue weighted by Crippen LogP contribution is -2.15. The predicted molar refractivity (Wildman–Crippen MR) is 235 cm³/mol. The second-order valence-electron chi connectivity index (χ2n) is 15.2. The molecule has 1 aliphatic rings. The minimum absolute atomic E-state index is 0.157. The number of hydrogen-bond acceptors (Lipinski definition) is 3. The lowest BCUT2D eigenvalue weighted by atomic mass is 9.80. The Bertz CT molecular complexity index is 3110. The minimum Gasteiger partial charge on any atom is -0.310 e. The number of nitrogens with zero attached hydrogens (tertiary/aromatic N) is 2. The van der Waals surface area contributed by atoms with Crippen LogP contribution in [0, 0.1) is 0 Å². The van der Waals surface area contributed by atoms with Crippen LogP contribution in [0.1, 0.15) is 25.0 Å². The van der Waals surface area contributed by atoms with E-state index in [1.165, 1.54) is 76.0 Å². The number of benzene rings is 9. The third-order valence-electron chi connectivity index (χ3n) is 11.6. The predicted octanol–water partition coefficient (Wildman–Crippen LogP) is 14.9. The molecule has 11 rings (SSSR count). The van der Waals surface area contributed by atoms with Gasteiger partial charge < -0.3 is 4.90 Å². The lowest BCUT2D eigenvalue weighted by Gasteiger charge is -2.27. The summed E-state index contributed by atoms with van der Waals surface area (Å²) in [6.45, 7) is 4.79. The fraction of sp³-hybridized carbons (Fsp3) is 0.0577. The summed E-state index contributed by atoms with van der Waals surface area (Å²) in [4.78, 5) is 7.45. The van der Waals surface area contributed by atoms with Crippen LogP contribution in [0.3, 0.4) is 0 Å². The zero-order valence-electron chi connectivity index (χ0n) is 30.6. The highest BCUT2D eigenvalue weighted by Gasteiger charge is 2.37. The maximum Gasteiger partial charge on any atom is 0.124 e. The molecule has 9 aromatic carbocycles. The smallest absolute Gasteiger partial charge is 0.124 e. The quantitative estimate of drug-likeness (QED) is 0.176. The fourth-order valence-corrected chi connectivity index (χ4v) is 9.99. The maximum absolute atomic E-state index is 5.05. The highest BCUT2D eigenvalue weighted by Crippen LogP contribution is 2.53. The lowest BCUT2D eigenvalue weighted by molar-refractivity contribution is 0.667. The van der Waals surface area contributed by atoms with Gasteiger partial charge in [0.25, 0.3) is 0 Å². The molecule has 0 bridgehead atoms. The van der Waals surface area contributed by atoms with Crippen molar-refractivity contribution in [3.63, 3.8) is 0 Å². The van der Waals surface area contributed by atoms with Gasteiger partial charge in [0.2, 0.25) is 0 Å². The molecule has 260 valence electrons. The van der Waals surface area contributed by atoms with Crippen LogP contribution >= 0.6 is 11.3 Å². The van der Waals surface area contributed by atoms with Crippen LogP contribution < -0.4 is 4.90 Å². The monoisotopic (exact) mass is 720 g/mol. The van der Waals surface area contributed by atoms with Crippen molar-refractivity contribution in [2.24, 2.45) is 0 Å². The molecule has 0 amide bonds. The Hall–Kier alpha value is -6.55. The first-order valence-corrected chi connectivity index (χ1v) is 19.8. The molecule has 0 unspecified atom stereocenters. The molecular formula is C52H36N2S. The van der Waals surface area contributed by atoms with E-state index in [2.05, 4.69) is 201 Å². The summed E-state index contributed by atoms with van der Waals surface area (Å²) in [6, 6.07) is 66.5. The molecule has 0 spiro atoms. The van der Waals surface area contributed by atoms with Crippen LogP contribution in [0.2, 0.25) is 0 Å². The molecule has 1 heterocycles. The van der Waals surface area contributed by atoms with Gasteiger partial charge in [-0.05, 0) is 115 Å². The molecule has 0 aliphatic heterocycles. The Balaban J connectivity index is 1.05. The Labute approximate surface area is 324 Å². The third-order valence-corrected chi connectivity index (χ3v) is 12.8.